The van der Waals surface area contributed by atoms with Crippen LogP contribution in [0.25, 0.3) is 0 Å². The molecule has 0 aromatic heterocycles. The van der Waals surface area contributed by atoms with Gasteiger partial charge in [0.05, 0.1) is 6.54 Å². The molecule has 110 valence electrons. The Morgan fingerprint density at radius 1 is 1.14 bits per heavy atom. The van der Waals surface area contributed by atoms with Crippen LogP contribution in [0.1, 0.15) is 10.4 Å². The zero-order valence-corrected chi connectivity index (χ0v) is 12.3. The molecule has 2 aromatic rings. The zero-order chi connectivity index (χ0) is 15.2. The normalized spacial score (nSPS) is 10.2. The number of benzene rings is 2. The van der Waals surface area contributed by atoms with Gasteiger partial charge in [0, 0.05) is 17.6 Å². The molecule has 0 fully saturated rings. The summed E-state index contributed by atoms with van der Waals surface area (Å²) in [4.78, 5) is 13.7. The molecule has 0 aliphatic rings. The van der Waals surface area contributed by atoms with E-state index in [1.54, 1.807) is 48.3 Å². The summed E-state index contributed by atoms with van der Waals surface area (Å²) in [5.74, 6) is 0.162. The van der Waals surface area contributed by atoms with Gasteiger partial charge in [-0.05, 0) is 48.5 Å². The first kappa shape index (κ1) is 15.3. The van der Waals surface area contributed by atoms with Crippen molar-refractivity contribution in [3.8, 4) is 5.75 Å². The van der Waals surface area contributed by atoms with Crippen LogP contribution in [0.2, 0.25) is 5.02 Å². The van der Waals surface area contributed by atoms with Crippen molar-refractivity contribution >= 4 is 17.5 Å². The summed E-state index contributed by atoms with van der Waals surface area (Å²) in [5.41, 5.74) is 0.573. The third-order valence-electron chi connectivity index (χ3n) is 2.95. The Morgan fingerprint density at radius 3 is 2.38 bits per heavy atom. The smallest absolute Gasteiger partial charge is 0.253 e. The van der Waals surface area contributed by atoms with E-state index in [-0.39, 0.29) is 11.7 Å². The quantitative estimate of drug-likeness (QED) is 0.844. The van der Waals surface area contributed by atoms with Crippen molar-refractivity contribution in [2.75, 3.05) is 20.2 Å². The molecule has 1 amide bonds. The van der Waals surface area contributed by atoms with E-state index in [4.69, 9.17) is 16.3 Å². The van der Waals surface area contributed by atoms with Gasteiger partial charge in [0.15, 0.2) is 0 Å². The second-order valence-electron chi connectivity index (χ2n) is 4.54. The number of hydrogen-bond donors (Lipinski definition) is 0. The molecule has 0 unspecified atom stereocenters. The van der Waals surface area contributed by atoms with Gasteiger partial charge in [-0.2, -0.15) is 0 Å². The fraction of sp³-hybridized carbons (Fsp3) is 0.188. The molecule has 3 nitrogen and oxygen atoms in total. The molecule has 0 bridgehead atoms. The second-order valence-corrected chi connectivity index (χ2v) is 4.97. The number of amides is 1. The summed E-state index contributed by atoms with van der Waals surface area (Å²) in [6.45, 7) is 0.764. The van der Waals surface area contributed by atoms with Gasteiger partial charge in [-0.25, -0.2) is 4.39 Å². The van der Waals surface area contributed by atoms with Crippen molar-refractivity contribution in [3.63, 3.8) is 0 Å². The Kier molecular flexibility index (Phi) is 5.17. The van der Waals surface area contributed by atoms with Crippen molar-refractivity contribution in [2.45, 2.75) is 0 Å². The highest BCUT2D eigenvalue weighted by Crippen LogP contribution is 2.12. The molecule has 0 atom stereocenters. The second kappa shape index (κ2) is 7.09. The van der Waals surface area contributed by atoms with Crippen LogP contribution in [0.5, 0.6) is 5.75 Å². The maximum Gasteiger partial charge on any atom is 0.253 e. The number of halogens is 2. The molecule has 0 aliphatic carbocycles. The monoisotopic (exact) mass is 307 g/mol. The summed E-state index contributed by atoms with van der Waals surface area (Å²) in [5, 5.41) is 0.592. The fourth-order valence-corrected chi connectivity index (χ4v) is 1.87. The van der Waals surface area contributed by atoms with Gasteiger partial charge in [-0.1, -0.05) is 11.6 Å². The van der Waals surface area contributed by atoms with E-state index in [1.807, 2.05) is 0 Å². The summed E-state index contributed by atoms with van der Waals surface area (Å²) in [6.07, 6.45) is 0. The third kappa shape index (κ3) is 4.46. The number of hydrogen-bond acceptors (Lipinski definition) is 2. The number of rotatable bonds is 5. The zero-order valence-electron chi connectivity index (χ0n) is 11.6. The van der Waals surface area contributed by atoms with Crippen LogP contribution in [0.4, 0.5) is 4.39 Å². The first-order chi connectivity index (χ1) is 10.1. The average Bonchev–Trinajstić information content (AvgIpc) is 2.49. The minimum atomic E-state index is -0.308. The van der Waals surface area contributed by atoms with Crippen molar-refractivity contribution < 1.29 is 13.9 Å². The lowest BCUT2D eigenvalue weighted by molar-refractivity contribution is 0.0774. The van der Waals surface area contributed by atoms with Gasteiger partial charge in [-0.15, -0.1) is 0 Å². The number of ether oxygens (including phenoxy) is 1. The molecule has 0 heterocycles. The predicted octanol–water partition coefficient (Wildman–Crippen LogP) is 3.63. The van der Waals surface area contributed by atoms with Gasteiger partial charge in [0.25, 0.3) is 5.91 Å². The standard InChI is InChI=1S/C16H15ClFNO2/c1-19(16(20)12-2-4-13(17)5-3-12)10-11-21-15-8-6-14(18)7-9-15/h2-9H,10-11H2,1H3. The molecule has 0 saturated carbocycles. The molecular weight excluding hydrogens is 293 g/mol. The minimum absolute atomic E-state index is 0.102. The Labute approximate surface area is 127 Å². The summed E-state index contributed by atoms with van der Waals surface area (Å²) < 4.78 is 18.2. The molecule has 2 rings (SSSR count). The first-order valence-corrected chi connectivity index (χ1v) is 6.83. The molecule has 5 heteroatoms. The third-order valence-corrected chi connectivity index (χ3v) is 3.20. The topological polar surface area (TPSA) is 29.5 Å². The van der Waals surface area contributed by atoms with Gasteiger partial charge >= 0.3 is 0 Å². The molecule has 0 N–H and O–H groups in total. The van der Waals surface area contributed by atoms with Crippen molar-refractivity contribution in [2.24, 2.45) is 0 Å². The van der Waals surface area contributed by atoms with Crippen LogP contribution in [0.15, 0.2) is 48.5 Å². The lowest BCUT2D eigenvalue weighted by atomic mass is 10.2. The Morgan fingerprint density at radius 2 is 1.76 bits per heavy atom. The number of nitrogens with zero attached hydrogens (tertiary/aromatic N) is 1. The highest BCUT2D eigenvalue weighted by molar-refractivity contribution is 6.30. The maximum atomic E-state index is 12.7. The van der Waals surface area contributed by atoms with E-state index >= 15 is 0 Å². The Bertz CT molecular complexity index is 599. The number of carbonyl (C=O) groups excluding carboxylic acids is 1. The SMILES string of the molecule is CN(CCOc1ccc(F)cc1)C(=O)c1ccc(Cl)cc1. The molecule has 0 radical (unpaired) electrons. The van der Waals surface area contributed by atoms with Crippen LogP contribution >= 0.6 is 11.6 Å². The van der Waals surface area contributed by atoms with E-state index in [1.165, 1.54) is 12.1 Å². The largest absolute Gasteiger partial charge is 0.492 e. The lowest BCUT2D eigenvalue weighted by Gasteiger charge is -2.17. The van der Waals surface area contributed by atoms with Crippen LogP contribution in [-0.4, -0.2) is 31.0 Å². The number of likely N-dealkylation sites (N-methyl/N-ethyl adjacent to an activating group) is 1. The van der Waals surface area contributed by atoms with Crippen molar-refractivity contribution in [1.29, 1.82) is 0 Å². The lowest BCUT2D eigenvalue weighted by Crippen LogP contribution is -2.30. The molecular formula is C16H15ClFNO2. The Balaban J connectivity index is 1.83. The molecule has 0 saturated heterocycles. The highest BCUT2D eigenvalue weighted by atomic mass is 35.5. The van der Waals surface area contributed by atoms with Gasteiger partial charge in [0.2, 0.25) is 0 Å². The predicted molar refractivity (Wildman–Crippen MR) is 80.3 cm³/mol. The molecule has 0 aliphatic heterocycles. The van der Waals surface area contributed by atoms with Crippen LogP contribution in [0, 0.1) is 5.82 Å². The molecule has 2 aromatic carbocycles. The molecule has 0 spiro atoms. The van der Waals surface area contributed by atoms with Crippen LogP contribution in [-0.2, 0) is 0 Å². The minimum Gasteiger partial charge on any atom is -0.492 e. The Hall–Kier alpha value is -2.07. The summed E-state index contributed by atoms with van der Waals surface area (Å²) in [7, 11) is 1.70. The van der Waals surface area contributed by atoms with Crippen molar-refractivity contribution in [3.05, 3.63) is 64.9 Å². The van der Waals surface area contributed by atoms with E-state index in [0.717, 1.165) is 0 Å². The summed E-state index contributed by atoms with van der Waals surface area (Å²) in [6, 6.07) is 12.5. The van der Waals surface area contributed by atoms with Crippen LogP contribution < -0.4 is 4.74 Å². The average molecular weight is 308 g/mol. The maximum absolute atomic E-state index is 12.7. The van der Waals surface area contributed by atoms with Gasteiger partial charge in [-0.3, -0.25) is 4.79 Å². The van der Waals surface area contributed by atoms with Gasteiger partial charge in [0.1, 0.15) is 18.2 Å². The van der Waals surface area contributed by atoms with E-state index in [0.29, 0.717) is 29.5 Å². The van der Waals surface area contributed by atoms with Gasteiger partial charge < -0.3 is 9.64 Å². The van der Waals surface area contributed by atoms with E-state index < -0.39 is 0 Å². The van der Waals surface area contributed by atoms with Crippen LogP contribution in [0.3, 0.4) is 0 Å². The summed E-state index contributed by atoms with van der Waals surface area (Å²) >= 11 is 5.79. The number of carbonyl (C=O) groups is 1. The van der Waals surface area contributed by atoms with E-state index in [2.05, 4.69) is 0 Å². The molecule has 21 heavy (non-hydrogen) atoms. The highest BCUT2D eigenvalue weighted by Gasteiger charge is 2.11. The van der Waals surface area contributed by atoms with E-state index in [9.17, 15) is 9.18 Å². The van der Waals surface area contributed by atoms with Crippen molar-refractivity contribution in [1.82, 2.24) is 4.90 Å². The fourth-order valence-electron chi connectivity index (χ4n) is 1.75. The first-order valence-electron chi connectivity index (χ1n) is 6.45.